The average Bonchev–Trinajstić information content (AvgIpc) is 3.10. The maximum Gasteiger partial charge on any atom is 0.306 e. The maximum atomic E-state index is 16.1. The van der Waals surface area contributed by atoms with Crippen molar-refractivity contribution in [3.63, 3.8) is 0 Å². The minimum atomic E-state index is -1.41. The van der Waals surface area contributed by atoms with Gasteiger partial charge in [0.05, 0.1) is 15.3 Å². The number of fused-ring (bicyclic) bond motifs is 5. The Labute approximate surface area is 233 Å². The van der Waals surface area contributed by atoms with Crippen LogP contribution in [0.4, 0.5) is 4.39 Å². The molecule has 4 aliphatic carbocycles. The molecule has 0 saturated heterocycles. The second-order valence-corrected chi connectivity index (χ2v) is 13.3. The molecule has 0 aliphatic heterocycles. The van der Waals surface area contributed by atoms with E-state index in [2.05, 4.69) is 19.1 Å². The molecule has 0 N–H and O–H groups in total. The molecule has 0 bridgehead atoms. The molecule has 0 spiro atoms. The van der Waals surface area contributed by atoms with Gasteiger partial charge in [-0.25, -0.2) is 4.39 Å². The Morgan fingerprint density at radius 2 is 1.89 bits per heavy atom. The summed E-state index contributed by atoms with van der Waals surface area (Å²) in [5.41, 5.74) is -0.0942. The average molecular weight is 568 g/mol. The van der Waals surface area contributed by atoms with Crippen molar-refractivity contribution in [2.24, 2.45) is 28.6 Å². The number of alkyl halides is 3. The van der Waals surface area contributed by atoms with Crippen LogP contribution < -0.4 is 0 Å². The van der Waals surface area contributed by atoms with Crippen LogP contribution in [-0.4, -0.2) is 34.3 Å². The number of benzene rings is 1. The topological polar surface area (TPSA) is 43.4 Å². The van der Waals surface area contributed by atoms with Gasteiger partial charge in [0.2, 0.25) is 0 Å². The number of hydrogen-bond donors (Lipinski definition) is 0. The van der Waals surface area contributed by atoms with Crippen molar-refractivity contribution < 1.29 is 18.7 Å². The minimum absolute atomic E-state index is 0.0175. The fourth-order valence-electron chi connectivity index (χ4n) is 8.24. The monoisotopic (exact) mass is 566 g/mol. The zero-order valence-electron chi connectivity index (χ0n) is 21.5. The van der Waals surface area contributed by atoms with Gasteiger partial charge < -0.3 is 4.74 Å². The van der Waals surface area contributed by atoms with Crippen LogP contribution in [0, 0.1) is 28.6 Å². The van der Waals surface area contributed by atoms with Gasteiger partial charge in [0, 0.05) is 17.3 Å². The van der Waals surface area contributed by atoms with Gasteiger partial charge in [0.15, 0.2) is 5.78 Å². The molecule has 0 unspecified atom stereocenters. The lowest BCUT2D eigenvalue weighted by Gasteiger charge is -2.64. The Kier molecular flexibility index (Phi) is 7.12. The predicted molar refractivity (Wildman–Crippen MR) is 146 cm³/mol. The van der Waals surface area contributed by atoms with Gasteiger partial charge in [-0.05, 0) is 67.1 Å². The Balaban J connectivity index is 1.64. The van der Waals surface area contributed by atoms with E-state index in [4.69, 9.17) is 39.5 Å². The van der Waals surface area contributed by atoms with Crippen LogP contribution in [0.1, 0.15) is 58.4 Å². The summed E-state index contributed by atoms with van der Waals surface area (Å²) in [7, 11) is 0. The number of hydrogen-bond acceptors (Lipinski definition) is 3. The fraction of sp³-hybridized carbons (Fsp3) is 0.600. The van der Waals surface area contributed by atoms with Crippen LogP contribution in [-0.2, 0) is 20.7 Å². The van der Waals surface area contributed by atoms with Crippen LogP contribution in [0.2, 0.25) is 0 Å². The molecule has 1 aromatic carbocycles. The lowest BCUT2D eigenvalue weighted by molar-refractivity contribution is -0.163. The summed E-state index contributed by atoms with van der Waals surface area (Å²) < 4.78 is 22.3. The maximum absolute atomic E-state index is 16.1. The van der Waals surface area contributed by atoms with Gasteiger partial charge in [0.25, 0.3) is 0 Å². The van der Waals surface area contributed by atoms with E-state index in [0.29, 0.717) is 25.7 Å². The van der Waals surface area contributed by atoms with E-state index in [-0.39, 0.29) is 46.9 Å². The van der Waals surface area contributed by atoms with Crippen molar-refractivity contribution in [1.29, 1.82) is 0 Å². The molecule has 9 atom stereocenters. The Bertz CT molecular complexity index is 1150. The molecule has 0 amide bonds. The number of ether oxygens (including phenoxy) is 1. The number of rotatable bonds is 5. The summed E-state index contributed by atoms with van der Waals surface area (Å²) in [6.07, 6.45) is 4.54. The van der Waals surface area contributed by atoms with Gasteiger partial charge >= 0.3 is 5.97 Å². The lowest BCUT2D eigenvalue weighted by Crippen LogP contribution is -2.67. The van der Waals surface area contributed by atoms with Crippen molar-refractivity contribution in [2.45, 2.75) is 81.8 Å². The highest BCUT2D eigenvalue weighted by molar-refractivity contribution is 6.45. The highest BCUT2D eigenvalue weighted by Crippen LogP contribution is 2.72. The molecule has 5 rings (SSSR count). The zero-order chi connectivity index (χ0) is 26.8. The first-order chi connectivity index (χ1) is 17.5. The SMILES string of the molecule is CCCC(=O)O[C@@H]1[C@H](C)C[C@H]2[C@@H]3C[C@H](F)C4=C(Cl)C(=O)C=C[C@]4(C)[C@@]3(Cl)[C@@H](Cl)C[C@]12Cc1ccccc1. The smallest absolute Gasteiger partial charge is 0.306 e. The van der Waals surface area contributed by atoms with Gasteiger partial charge in [0.1, 0.15) is 12.3 Å². The van der Waals surface area contributed by atoms with E-state index in [1.807, 2.05) is 32.0 Å². The predicted octanol–water partition coefficient (Wildman–Crippen LogP) is 7.57. The van der Waals surface area contributed by atoms with Gasteiger partial charge in [-0.2, -0.15) is 0 Å². The van der Waals surface area contributed by atoms with Gasteiger partial charge in [-0.1, -0.05) is 68.8 Å². The summed E-state index contributed by atoms with van der Waals surface area (Å²) in [5.74, 6) is -0.833. The number of carbonyl (C=O) groups excluding carboxylic acids is 2. The first kappa shape index (κ1) is 27.2. The van der Waals surface area contributed by atoms with Crippen LogP contribution >= 0.6 is 34.8 Å². The second-order valence-electron chi connectivity index (χ2n) is 11.8. The first-order valence-electron chi connectivity index (χ1n) is 13.3. The molecule has 3 fully saturated rings. The van der Waals surface area contributed by atoms with E-state index >= 15 is 4.39 Å². The zero-order valence-corrected chi connectivity index (χ0v) is 23.8. The van der Waals surface area contributed by atoms with E-state index in [1.54, 1.807) is 6.08 Å². The minimum Gasteiger partial charge on any atom is -0.461 e. The quantitative estimate of drug-likeness (QED) is 0.272. The largest absolute Gasteiger partial charge is 0.461 e. The number of halogens is 4. The fourth-order valence-corrected chi connectivity index (χ4v) is 9.78. The standard InChI is InChI=1S/C30H34Cl3FO3/c1-4-8-24(36)37-27-17(2)13-19-20-14-21(34)25-26(32)22(35)11-12-28(25,3)30(20,33)23(31)16-29(19,27)15-18-9-6-5-7-10-18/h5-7,9-12,17,19-21,23,27H,4,8,13-16H2,1-3H3/t17-,19+,20+,21+,23+,27-,28+,29+,30+/m1/s1. The molecular weight excluding hydrogens is 534 g/mol. The van der Waals surface area contributed by atoms with Gasteiger partial charge in [-0.3, -0.25) is 9.59 Å². The van der Waals surface area contributed by atoms with Crippen LogP contribution in [0.5, 0.6) is 0 Å². The van der Waals surface area contributed by atoms with Crippen molar-refractivity contribution in [2.75, 3.05) is 0 Å². The lowest BCUT2D eigenvalue weighted by atomic mass is 9.46. The molecule has 4 aliphatic rings. The summed E-state index contributed by atoms with van der Waals surface area (Å²) in [6.45, 7) is 5.95. The molecule has 200 valence electrons. The highest BCUT2D eigenvalue weighted by Gasteiger charge is 2.73. The molecule has 7 heteroatoms. The van der Waals surface area contributed by atoms with Crippen molar-refractivity contribution in [3.8, 4) is 0 Å². The normalized spacial score (nSPS) is 42.7. The molecule has 0 aromatic heterocycles. The van der Waals surface area contributed by atoms with E-state index in [1.165, 1.54) is 6.08 Å². The van der Waals surface area contributed by atoms with E-state index < -0.39 is 33.0 Å². The molecular formula is C30H34Cl3FO3. The van der Waals surface area contributed by atoms with Crippen molar-refractivity contribution >= 4 is 46.6 Å². The van der Waals surface area contributed by atoms with Gasteiger partial charge in [-0.15, -0.1) is 23.2 Å². The number of allylic oxidation sites excluding steroid dienone is 4. The summed E-state index contributed by atoms with van der Waals surface area (Å²) in [5, 5.41) is -0.640. The first-order valence-corrected chi connectivity index (χ1v) is 14.5. The third kappa shape index (κ3) is 3.95. The molecule has 3 nitrogen and oxygen atoms in total. The number of esters is 1. The summed E-state index contributed by atoms with van der Waals surface area (Å²) >= 11 is 21.4. The Morgan fingerprint density at radius 1 is 1.19 bits per heavy atom. The second kappa shape index (κ2) is 9.68. The Morgan fingerprint density at radius 3 is 2.57 bits per heavy atom. The number of ketones is 1. The highest BCUT2D eigenvalue weighted by atomic mass is 35.5. The number of carbonyl (C=O) groups is 2. The molecule has 1 aromatic rings. The Hall–Kier alpha value is -1.36. The summed E-state index contributed by atoms with van der Waals surface area (Å²) in [4.78, 5) is 24.1. The van der Waals surface area contributed by atoms with Crippen LogP contribution in [0.15, 0.2) is 53.1 Å². The molecule has 0 heterocycles. The molecule has 0 radical (unpaired) electrons. The van der Waals surface area contributed by atoms with Crippen LogP contribution in [0.25, 0.3) is 0 Å². The third-order valence-electron chi connectivity index (χ3n) is 9.73. The van der Waals surface area contributed by atoms with E-state index in [9.17, 15) is 9.59 Å². The van der Waals surface area contributed by atoms with Crippen LogP contribution in [0.3, 0.4) is 0 Å². The molecule has 37 heavy (non-hydrogen) atoms. The summed E-state index contributed by atoms with van der Waals surface area (Å²) in [6, 6.07) is 10.2. The van der Waals surface area contributed by atoms with Crippen molar-refractivity contribution in [3.05, 3.63) is 58.7 Å². The third-order valence-corrected chi connectivity index (χ3v) is 11.7. The van der Waals surface area contributed by atoms with Crippen molar-refractivity contribution in [1.82, 2.24) is 0 Å². The van der Waals surface area contributed by atoms with E-state index in [0.717, 1.165) is 12.0 Å². The molecule has 3 saturated carbocycles.